The number of rotatable bonds is 7. The first-order chi connectivity index (χ1) is 10.2. The van der Waals surface area contributed by atoms with Crippen LogP contribution in [0.4, 0.5) is 5.69 Å². The zero-order valence-electron chi connectivity index (χ0n) is 12.5. The third-order valence-electron chi connectivity index (χ3n) is 3.41. The summed E-state index contributed by atoms with van der Waals surface area (Å²) in [6.45, 7) is 5.13. The van der Waals surface area contributed by atoms with Gasteiger partial charge in [0.05, 0.1) is 13.1 Å². The Hall–Kier alpha value is -2.14. The molecule has 1 heterocycles. The molecule has 1 atom stereocenters. The van der Waals surface area contributed by atoms with Crippen LogP contribution in [0.5, 0.6) is 0 Å². The molecule has 0 fully saturated rings. The van der Waals surface area contributed by atoms with Gasteiger partial charge >= 0.3 is 0 Å². The van der Waals surface area contributed by atoms with Crippen LogP contribution in [0.25, 0.3) is 0 Å². The number of aromatic nitrogens is 2. The van der Waals surface area contributed by atoms with Gasteiger partial charge in [0.25, 0.3) is 0 Å². The van der Waals surface area contributed by atoms with Crippen molar-refractivity contribution in [1.29, 1.82) is 0 Å². The van der Waals surface area contributed by atoms with Crippen molar-refractivity contribution in [1.82, 2.24) is 15.1 Å². The van der Waals surface area contributed by atoms with Crippen molar-refractivity contribution < 1.29 is 4.79 Å². The predicted octanol–water partition coefficient (Wildman–Crippen LogP) is 2.26. The number of amides is 1. The lowest BCUT2D eigenvalue weighted by Crippen LogP contribution is -2.34. The largest absolute Gasteiger partial charge is 0.325 e. The SMILES string of the molecule is CCC(C)NCC(=O)Nc1ccccc1Cn1cccn1. The van der Waals surface area contributed by atoms with Crippen molar-refractivity contribution in [2.45, 2.75) is 32.9 Å². The van der Waals surface area contributed by atoms with Gasteiger partial charge in [0.1, 0.15) is 0 Å². The van der Waals surface area contributed by atoms with Crippen LogP contribution in [0.1, 0.15) is 25.8 Å². The molecule has 21 heavy (non-hydrogen) atoms. The molecular formula is C16H22N4O. The number of nitrogens with one attached hydrogen (secondary N) is 2. The van der Waals surface area contributed by atoms with Gasteiger partial charge in [-0.3, -0.25) is 9.48 Å². The van der Waals surface area contributed by atoms with E-state index in [1.807, 2.05) is 41.2 Å². The zero-order chi connectivity index (χ0) is 15.1. The highest BCUT2D eigenvalue weighted by molar-refractivity contribution is 5.93. The van der Waals surface area contributed by atoms with Crippen molar-refractivity contribution in [3.8, 4) is 0 Å². The summed E-state index contributed by atoms with van der Waals surface area (Å²) in [7, 11) is 0. The van der Waals surface area contributed by atoms with E-state index >= 15 is 0 Å². The monoisotopic (exact) mass is 286 g/mol. The number of benzene rings is 1. The van der Waals surface area contributed by atoms with Gasteiger partial charge in [-0.2, -0.15) is 5.10 Å². The highest BCUT2D eigenvalue weighted by Gasteiger charge is 2.08. The maximum absolute atomic E-state index is 12.0. The van der Waals surface area contributed by atoms with Crippen LogP contribution in [-0.2, 0) is 11.3 Å². The Balaban J connectivity index is 1.98. The van der Waals surface area contributed by atoms with Crippen molar-refractivity contribution in [3.05, 3.63) is 48.3 Å². The van der Waals surface area contributed by atoms with Gasteiger partial charge in [-0.25, -0.2) is 0 Å². The van der Waals surface area contributed by atoms with Crippen LogP contribution in [0.3, 0.4) is 0 Å². The van der Waals surface area contributed by atoms with E-state index in [4.69, 9.17) is 0 Å². The summed E-state index contributed by atoms with van der Waals surface area (Å²) in [5.74, 6) is -0.0248. The van der Waals surface area contributed by atoms with E-state index in [0.717, 1.165) is 17.7 Å². The Bertz CT molecular complexity index is 565. The van der Waals surface area contributed by atoms with Crippen molar-refractivity contribution in [3.63, 3.8) is 0 Å². The third-order valence-corrected chi connectivity index (χ3v) is 3.41. The first kappa shape index (κ1) is 15.3. The average Bonchev–Trinajstić information content (AvgIpc) is 3.00. The van der Waals surface area contributed by atoms with E-state index in [1.54, 1.807) is 6.20 Å². The summed E-state index contributed by atoms with van der Waals surface area (Å²) in [5, 5.41) is 10.3. The lowest BCUT2D eigenvalue weighted by Gasteiger charge is -2.13. The summed E-state index contributed by atoms with van der Waals surface area (Å²) >= 11 is 0. The van der Waals surface area contributed by atoms with Crippen LogP contribution >= 0.6 is 0 Å². The Morgan fingerprint density at radius 1 is 1.33 bits per heavy atom. The van der Waals surface area contributed by atoms with Crippen LogP contribution in [0.15, 0.2) is 42.7 Å². The van der Waals surface area contributed by atoms with Gasteiger partial charge in [0.15, 0.2) is 0 Å². The molecule has 0 aliphatic heterocycles. The van der Waals surface area contributed by atoms with Gasteiger partial charge in [-0.1, -0.05) is 25.1 Å². The fraction of sp³-hybridized carbons (Fsp3) is 0.375. The maximum Gasteiger partial charge on any atom is 0.238 e. The first-order valence-electron chi connectivity index (χ1n) is 7.27. The molecule has 5 nitrogen and oxygen atoms in total. The van der Waals surface area contributed by atoms with Gasteiger partial charge in [-0.05, 0) is 31.0 Å². The second-order valence-corrected chi connectivity index (χ2v) is 5.10. The number of hydrogen-bond acceptors (Lipinski definition) is 3. The van der Waals surface area contributed by atoms with Crippen molar-refractivity contribution >= 4 is 11.6 Å². The molecular weight excluding hydrogens is 264 g/mol. The molecule has 2 N–H and O–H groups in total. The predicted molar refractivity (Wildman–Crippen MR) is 84.2 cm³/mol. The quantitative estimate of drug-likeness (QED) is 0.821. The molecule has 0 bridgehead atoms. The molecule has 1 amide bonds. The Kier molecular flexibility index (Phi) is 5.51. The van der Waals surface area contributed by atoms with Gasteiger partial charge in [0, 0.05) is 24.1 Å². The second kappa shape index (κ2) is 7.59. The normalized spacial score (nSPS) is 12.1. The molecule has 2 aromatic rings. The second-order valence-electron chi connectivity index (χ2n) is 5.10. The molecule has 5 heteroatoms. The Morgan fingerprint density at radius 3 is 2.86 bits per heavy atom. The van der Waals surface area contributed by atoms with Crippen LogP contribution in [-0.4, -0.2) is 28.3 Å². The van der Waals surface area contributed by atoms with Crippen molar-refractivity contribution in [2.24, 2.45) is 0 Å². The van der Waals surface area contributed by atoms with Gasteiger partial charge in [-0.15, -0.1) is 0 Å². The molecule has 1 aromatic carbocycles. The molecule has 0 saturated carbocycles. The fourth-order valence-corrected chi connectivity index (χ4v) is 1.95. The Labute approximate surface area is 125 Å². The smallest absolute Gasteiger partial charge is 0.238 e. The zero-order valence-corrected chi connectivity index (χ0v) is 12.5. The minimum Gasteiger partial charge on any atom is -0.325 e. The van der Waals surface area contributed by atoms with Crippen LogP contribution in [0.2, 0.25) is 0 Å². The van der Waals surface area contributed by atoms with E-state index in [1.165, 1.54) is 0 Å². The van der Waals surface area contributed by atoms with Gasteiger partial charge < -0.3 is 10.6 Å². The highest BCUT2D eigenvalue weighted by atomic mass is 16.1. The summed E-state index contributed by atoms with van der Waals surface area (Å²) in [5.41, 5.74) is 1.88. The molecule has 0 radical (unpaired) electrons. The van der Waals surface area contributed by atoms with Crippen LogP contribution < -0.4 is 10.6 Å². The van der Waals surface area contributed by atoms with E-state index in [-0.39, 0.29) is 5.91 Å². The number of para-hydroxylation sites is 1. The fourth-order valence-electron chi connectivity index (χ4n) is 1.95. The molecule has 0 aliphatic carbocycles. The van der Waals surface area contributed by atoms with E-state index in [2.05, 4.69) is 29.6 Å². The lowest BCUT2D eigenvalue weighted by atomic mass is 10.1. The van der Waals surface area contributed by atoms with E-state index in [9.17, 15) is 4.79 Å². The summed E-state index contributed by atoms with van der Waals surface area (Å²) < 4.78 is 1.84. The van der Waals surface area contributed by atoms with E-state index < -0.39 is 0 Å². The molecule has 0 saturated heterocycles. The third kappa shape index (κ3) is 4.72. The van der Waals surface area contributed by atoms with Crippen molar-refractivity contribution in [2.75, 3.05) is 11.9 Å². The molecule has 0 aliphatic rings. The Morgan fingerprint density at radius 2 is 2.14 bits per heavy atom. The topological polar surface area (TPSA) is 59.0 Å². The summed E-state index contributed by atoms with van der Waals surface area (Å²) in [4.78, 5) is 12.0. The average molecular weight is 286 g/mol. The number of anilines is 1. The number of carbonyl (C=O) groups excluding carboxylic acids is 1. The molecule has 2 rings (SSSR count). The molecule has 1 aromatic heterocycles. The standard InChI is InChI=1S/C16H22N4O/c1-3-13(2)17-11-16(21)19-15-8-5-4-7-14(15)12-20-10-6-9-18-20/h4-10,13,17H,3,11-12H2,1-2H3,(H,19,21). The number of hydrogen-bond donors (Lipinski definition) is 2. The molecule has 112 valence electrons. The molecule has 0 spiro atoms. The van der Waals surface area contributed by atoms with E-state index in [0.29, 0.717) is 19.1 Å². The van der Waals surface area contributed by atoms with Crippen LogP contribution in [0, 0.1) is 0 Å². The highest BCUT2D eigenvalue weighted by Crippen LogP contribution is 2.15. The summed E-state index contributed by atoms with van der Waals surface area (Å²) in [6, 6.07) is 10.0. The minimum absolute atomic E-state index is 0.0248. The lowest BCUT2D eigenvalue weighted by molar-refractivity contribution is -0.115. The van der Waals surface area contributed by atoms with Gasteiger partial charge in [0.2, 0.25) is 5.91 Å². The number of nitrogens with zero attached hydrogens (tertiary/aromatic N) is 2. The molecule has 1 unspecified atom stereocenters. The minimum atomic E-state index is -0.0248. The summed E-state index contributed by atoms with van der Waals surface area (Å²) in [6.07, 6.45) is 4.66. The maximum atomic E-state index is 12.0. The first-order valence-corrected chi connectivity index (χ1v) is 7.27. The number of carbonyl (C=O) groups is 1.